The standard InChI is InChI=1S/C15H12F2N2S/c16-13-11(15(18)20)5-6-12(14(13)17)19-7-9-3-1-2-4-10(9)8-19/h1-6H,7-8H2,(H2,18,20). The van der Waals surface area contributed by atoms with E-state index < -0.39 is 11.6 Å². The Hall–Kier alpha value is -2.01. The van der Waals surface area contributed by atoms with E-state index in [1.807, 2.05) is 24.3 Å². The number of hydrogen-bond donors (Lipinski definition) is 1. The quantitative estimate of drug-likeness (QED) is 0.862. The van der Waals surface area contributed by atoms with Crippen LogP contribution in [-0.2, 0) is 13.1 Å². The predicted molar refractivity (Wildman–Crippen MR) is 78.6 cm³/mol. The topological polar surface area (TPSA) is 29.3 Å². The van der Waals surface area contributed by atoms with Crippen LogP contribution in [0.3, 0.4) is 0 Å². The molecule has 20 heavy (non-hydrogen) atoms. The van der Waals surface area contributed by atoms with Crippen LogP contribution in [0.1, 0.15) is 16.7 Å². The van der Waals surface area contributed by atoms with Crippen LogP contribution in [0, 0.1) is 11.6 Å². The lowest BCUT2D eigenvalue weighted by Crippen LogP contribution is -2.19. The number of fused-ring (bicyclic) bond motifs is 1. The number of benzene rings is 2. The molecule has 0 fully saturated rings. The van der Waals surface area contributed by atoms with Gasteiger partial charge in [-0.15, -0.1) is 0 Å². The van der Waals surface area contributed by atoms with Crippen molar-refractivity contribution in [1.29, 1.82) is 0 Å². The zero-order valence-electron chi connectivity index (χ0n) is 10.6. The summed E-state index contributed by atoms with van der Waals surface area (Å²) in [5, 5.41) is 0. The minimum absolute atomic E-state index is 0.0574. The van der Waals surface area contributed by atoms with Gasteiger partial charge in [-0.05, 0) is 23.3 Å². The van der Waals surface area contributed by atoms with Gasteiger partial charge in [-0.1, -0.05) is 36.5 Å². The molecule has 1 aliphatic rings. The van der Waals surface area contributed by atoms with Crippen LogP contribution in [0.4, 0.5) is 14.5 Å². The van der Waals surface area contributed by atoms with Gasteiger partial charge in [0, 0.05) is 18.7 Å². The highest BCUT2D eigenvalue weighted by molar-refractivity contribution is 7.80. The lowest BCUT2D eigenvalue weighted by atomic mass is 10.1. The van der Waals surface area contributed by atoms with Crippen LogP contribution in [0.25, 0.3) is 0 Å². The largest absolute Gasteiger partial charge is 0.389 e. The maximum absolute atomic E-state index is 14.2. The average molecular weight is 290 g/mol. The number of anilines is 1. The SMILES string of the molecule is NC(=S)c1ccc(N2Cc3ccccc3C2)c(F)c1F. The molecule has 5 heteroatoms. The Morgan fingerprint density at radius 3 is 2.15 bits per heavy atom. The van der Waals surface area contributed by atoms with Crippen LogP contribution in [0.5, 0.6) is 0 Å². The van der Waals surface area contributed by atoms with Crippen molar-refractivity contribution in [2.24, 2.45) is 5.73 Å². The molecule has 3 rings (SSSR count). The third kappa shape index (κ3) is 2.04. The average Bonchev–Trinajstić information content (AvgIpc) is 2.84. The molecule has 0 bridgehead atoms. The van der Waals surface area contributed by atoms with Gasteiger partial charge in [0.25, 0.3) is 0 Å². The first-order chi connectivity index (χ1) is 9.58. The molecular formula is C15H12F2N2S. The number of nitrogens with zero attached hydrogens (tertiary/aromatic N) is 1. The summed E-state index contributed by atoms with van der Waals surface area (Å²) < 4.78 is 28.1. The van der Waals surface area contributed by atoms with Gasteiger partial charge in [0.15, 0.2) is 11.6 Å². The maximum atomic E-state index is 14.2. The van der Waals surface area contributed by atoms with Gasteiger partial charge in [-0.25, -0.2) is 8.78 Å². The van der Waals surface area contributed by atoms with E-state index in [0.717, 1.165) is 11.1 Å². The van der Waals surface area contributed by atoms with Gasteiger partial charge in [0.05, 0.1) is 5.69 Å². The van der Waals surface area contributed by atoms with E-state index in [-0.39, 0.29) is 16.2 Å². The molecule has 2 aromatic carbocycles. The smallest absolute Gasteiger partial charge is 0.182 e. The number of hydrogen-bond acceptors (Lipinski definition) is 2. The van der Waals surface area contributed by atoms with Gasteiger partial charge >= 0.3 is 0 Å². The van der Waals surface area contributed by atoms with Crippen LogP contribution in [0.2, 0.25) is 0 Å². The number of nitrogens with two attached hydrogens (primary N) is 1. The summed E-state index contributed by atoms with van der Waals surface area (Å²) in [5.41, 5.74) is 7.81. The molecule has 102 valence electrons. The van der Waals surface area contributed by atoms with Gasteiger partial charge in [0.1, 0.15) is 4.99 Å². The monoisotopic (exact) mass is 290 g/mol. The molecule has 0 saturated heterocycles. The molecule has 0 amide bonds. The van der Waals surface area contributed by atoms with E-state index >= 15 is 0 Å². The molecule has 2 N–H and O–H groups in total. The predicted octanol–water partition coefficient (Wildman–Crippen LogP) is 3.12. The molecule has 0 aliphatic carbocycles. The van der Waals surface area contributed by atoms with Gasteiger partial charge in [-0.3, -0.25) is 0 Å². The summed E-state index contributed by atoms with van der Waals surface area (Å²) in [6.07, 6.45) is 0. The fraction of sp³-hybridized carbons (Fsp3) is 0.133. The van der Waals surface area contributed by atoms with Crippen molar-refractivity contribution in [3.05, 3.63) is 64.7 Å². The number of halogens is 2. The van der Waals surface area contributed by atoms with Crippen molar-refractivity contribution in [3.8, 4) is 0 Å². The summed E-state index contributed by atoms with van der Waals surface area (Å²) in [5.74, 6) is -1.88. The fourth-order valence-corrected chi connectivity index (χ4v) is 2.63. The van der Waals surface area contributed by atoms with E-state index in [4.69, 9.17) is 18.0 Å². The number of thiocarbonyl (C=S) groups is 1. The molecule has 0 radical (unpaired) electrons. The lowest BCUT2D eigenvalue weighted by Gasteiger charge is -2.19. The second-order valence-electron chi connectivity index (χ2n) is 4.75. The fourth-order valence-electron chi connectivity index (χ4n) is 2.48. The third-order valence-corrected chi connectivity index (χ3v) is 3.73. The summed E-state index contributed by atoms with van der Waals surface area (Å²) in [7, 11) is 0. The molecular weight excluding hydrogens is 278 g/mol. The number of rotatable bonds is 2. The molecule has 2 aromatic rings. The first kappa shape index (κ1) is 13.0. The highest BCUT2D eigenvalue weighted by atomic mass is 32.1. The minimum atomic E-state index is -0.981. The third-order valence-electron chi connectivity index (χ3n) is 3.51. The highest BCUT2D eigenvalue weighted by Crippen LogP contribution is 2.31. The summed E-state index contributed by atoms with van der Waals surface area (Å²) >= 11 is 4.70. The van der Waals surface area contributed by atoms with Crippen molar-refractivity contribution >= 4 is 22.9 Å². The summed E-state index contributed by atoms with van der Waals surface area (Å²) in [4.78, 5) is 1.66. The minimum Gasteiger partial charge on any atom is -0.389 e. The molecule has 0 unspecified atom stereocenters. The normalized spacial score (nSPS) is 13.4. The maximum Gasteiger partial charge on any atom is 0.182 e. The van der Waals surface area contributed by atoms with Crippen molar-refractivity contribution in [2.45, 2.75) is 13.1 Å². The molecule has 2 nitrogen and oxygen atoms in total. The van der Waals surface area contributed by atoms with E-state index in [1.165, 1.54) is 12.1 Å². The van der Waals surface area contributed by atoms with Crippen molar-refractivity contribution < 1.29 is 8.78 Å². The van der Waals surface area contributed by atoms with Crippen LogP contribution >= 0.6 is 12.2 Å². The molecule has 0 atom stereocenters. The van der Waals surface area contributed by atoms with Crippen LogP contribution in [0.15, 0.2) is 36.4 Å². The Kier molecular flexibility index (Phi) is 3.14. The molecule has 0 aromatic heterocycles. The Morgan fingerprint density at radius 2 is 1.60 bits per heavy atom. The van der Waals surface area contributed by atoms with E-state index in [0.29, 0.717) is 13.1 Å². The van der Waals surface area contributed by atoms with Crippen molar-refractivity contribution in [1.82, 2.24) is 0 Å². The highest BCUT2D eigenvalue weighted by Gasteiger charge is 2.24. The van der Waals surface area contributed by atoms with Crippen molar-refractivity contribution in [2.75, 3.05) is 4.90 Å². The molecule has 1 heterocycles. The Bertz CT molecular complexity index is 675. The zero-order valence-corrected chi connectivity index (χ0v) is 11.4. The Balaban J connectivity index is 1.98. The molecule has 1 aliphatic heterocycles. The zero-order chi connectivity index (χ0) is 14.3. The van der Waals surface area contributed by atoms with E-state index in [1.54, 1.807) is 4.90 Å². The second-order valence-corrected chi connectivity index (χ2v) is 5.19. The first-order valence-electron chi connectivity index (χ1n) is 6.17. The summed E-state index contributed by atoms with van der Waals surface area (Å²) in [6.45, 7) is 1.14. The Labute approximate surface area is 120 Å². The lowest BCUT2D eigenvalue weighted by molar-refractivity contribution is 0.505. The summed E-state index contributed by atoms with van der Waals surface area (Å²) in [6, 6.07) is 10.8. The molecule has 0 spiro atoms. The first-order valence-corrected chi connectivity index (χ1v) is 6.58. The second kappa shape index (κ2) is 4.83. The van der Waals surface area contributed by atoms with Crippen LogP contribution < -0.4 is 10.6 Å². The van der Waals surface area contributed by atoms with Gasteiger partial charge in [-0.2, -0.15) is 0 Å². The van der Waals surface area contributed by atoms with E-state index in [2.05, 4.69) is 0 Å². The van der Waals surface area contributed by atoms with Gasteiger partial charge < -0.3 is 10.6 Å². The van der Waals surface area contributed by atoms with E-state index in [9.17, 15) is 8.78 Å². The molecule has 0 saturated carbocycles. The van der Waals surface area contributed by atoms with Crippen molar-refractivity contribution in [3.63, 3.8) is 0 Å². The Morgan fingerprint density at radius 1 is 1.00 bits per heavy atom. The van der Waals surface area contributed by atoms with Gasteiger partial charge in [0.2, 0.25) is 0 Å². The van der Waals surface area contributed by atoms with Crippen LogP contribution in [-0.4, -0.2) is 4.99 Å².